The Morgan fingerprint density at radius 3 is 2.33 bits per heavy atom. The van der Waals surface area contributed by atoms with Gasteiger partial charge in [0.2, 0.25) is 0 Å². The Hall–Kier alpha value is -4.14. The van der Waals surface area contributed by atoms with Crippen molar-refractivity contribution in [3.63, 3.8) is 0 Å². The monoisotopic (exact) mass is 485 g/mol. The second-order valence-electron chi connectivity index (χ2n) is 10.3. The Morgan fingerprint density at radius 1 is 0.972 bits per heavy atom. The summed E-state index contributed by atoms with van der Waals surface area (Å²) < 4.78 is 7.08. The van der Waals surface area contributed by atoms with E-state index >= 15 is 0 Å². The van der Waals surface area contributed by atoms with E-state index in [9.17, 15) is 24.6 Å². The summed E-state index contributed by atoms with van der Waals surface area (Å²) in [5, 5.41) is 24.0. The van der Waals surface area contributed by atoms with Crippen LogP contribution in [-0.4, -0.2) is 51.0 Å². The van der Waals surface area contributed by atoms with Crippen LogP contribution in [0.25, 0.3) is 5.69 Å². The minimum Gasteiger partial charge on any atom is -0.493 e. The van der Waals surface area contributed by atoms with E-state index in [-0.39, 0.29) is 17.3 Å². The number of amides is 1. The van der Waals surface area contributed by atoms with E-state index in [1.54, 1.807) is 35.2 Å². The molecule has 2 aliphatic heterocycles. The fourth-order valence-electron chi connectivity index (χ4n) is 5.82. The van der Waals surface area contributed by atoms with Crippen molar-refractivity contribution in [3.05, 3.63) is 70.5 Å². The Labute approximate surface area is 205 Å². The molecule has 1 spiro atoms. The van der Waals surface area contributed by atoms with Gasteiger partial charge in [0.05, 0.1) is 17.7 Å². The van der Waals surface area contributed by atoms with Crippen LogP contribution in [0.3, 0.4) is 0 Å². The molecule has 3 heterocycles. The van der Waals surface area contributed by atoms with Crippen molar-refractivity contribution >= 4 is 23.5 Å². The first-order chi connectivity index (χ1) is 17.3. The number of aromatic nitrogens is 2. The molecule has 4 aliphatic rings. The van der Waals surface area contributed by atoms with Crippen molar-refractivity contribution in [2.24, 2.45) is 0 Å². The zero-order valence-electron chi connectivity index (χ0n) is 19.4. The van der Waals surface area contributed by atoms with Gasteiger partial charge in [0.15, 0.2) is 5.69 Å². The van der Waals surface area contributed by atoms with Crippen molar-refractivity contribution in [2.45, 2.75) is 42.9 Å². The first kappa shape index (κ1) is 21.2. The predicted molar refractivity (Wildman–Crippen MR) is 127 cm³/mol. The quantitative estimate of drug-likeness (QED) is 0.569. The standard InChI is InChI=1S/C27H23N3O6/c31-23-22-20(21(24(32)33)28-30(22)18-5-6-19-15(13-18)7-12-36-19)26(8-9-26)14-29(23)17-3-1-16(2-4-17)27(10-11-27)25(34)35/h1-6,13H,7-12,14H2,(H,32,33)(H,34,35). The fraction of sp³-hybridized carbons (Fsp3) is 0.333. The van der Waals surface area contributed by atoms with Crippen molar-refractivity contribution in [2.75, 3.05) is 18.1 Å². The molecule has 0 unspecified atom stereocenters. The Kier molecular flexibility index (Phi) is 4.09. The maximum Gasteiger partial charge on any atom is 0.356 e. The Balaban J connectivity index is 1.34. The van der Waals surface area contributed by atoms with E-state index in [0.717, 1.165) is 36.1 Å². The van der Waals surface area contributed by atoms with Crippen LogP contribution in [0, 0.1) is 0 Å². The third-order valence-electron chi connectivity index (χ3n) is 8.19. The number of nitrogens with zero attached hydrogens (tertiary/aromatic N) is 3. The molecule has 2 saturated carbocycles. The number of benzene rings is 2. The van der Waals surface area contributed by atoms with Gasteiger partial charge in [0, 0.05) is 29.6 Å². The number of rotatable bonds is 5. The molecule has 2 aromatic carbocycles. The van der Waals surface area contributed by atoms with Crippen LogP contribution in [0.15, 0.2) is 42.5 Å². The summed E-state index contributed by atoms with van der Waals surface area (Å²) in [4.78, 5) is 39.6. The second kappa shape index (κ2) is 6.96. The highest BCUT2D eigenvalue weighted by Crippen LogP contribution is 2.55. The molecule has 0 bridgehead atoms. The predicted octanol–water partition coefficient (Wildman–Crippen LogP) is 3.31. The molecule has 1 aromatic heterocycles. The van der Waals surface area contributed by atoms with Crippen LogP contribution in [0.1, 0.15) is 63.4 Å². The number of ether oxygens (including phenoxy) is 1. The average Bonchev–Trinajstić information content (AvgIpc) is 3.75. The molecule has 2 fully saturated rings. The van der Waals surface area contributed by atoms with E-state index in [1.807, 2.05) is 12.1 Å². The summed E-state index contributed by atoms with van der Waals surface area (Å²) in [5.74, 6) is -1.49. The number of anilines is 1. The summed E-state index contributed by atoms with van der Waals surface area (Å²) in [6.45, 7) is 0.956. The van der Waals surface area contributed by atoms with Crippen LogP contribution in [-0.2, 0) is 22.0 Å². The SMILES string of the molecule is O=C(O)c1nn(-c2ccc3c(c2)CCO3)c2c1C1(CC1)CN(c1ccc(C3(C(=O)O)CC3)cc1)C2=O. The largest absolute Gasteiger partial charge is 0.493 e. The molecule has 36 heavy (non-hydrogen) atoms. The number of hydrogen-bond acceptors (Lipinski definition) is 5. The summed E-state index contributed by atoms with van der Waals surface area (Å²) in [7, 11) is 0. The number of hydrogen-bond donors (Lipinski definition) is 2. The van der Waals surface area contributed by atoms with Crippen LogP contribution in [0.2, 0.25) is 0 Å². The summed E-state index contributed by atoms with van der Waals surface area (Å²) >= 11 is 0. The first-order valence-electron chi connectivity index (χ1n) is 12.1. The van der Waals surface area contributed by atoms with Crippen molar-refractivity contribution in [1.82, 2.24) is 9.78 Å². The molecule has 9 nitrogen and oxygen atoms in total. The van der Waals surface area contributed by atoms with Gasteiger partial charge in [-0.15, -0.1) is 0 Å². The summed E-state index contributed by atoms with van der Waals surface area (Å²) in [6.07, 6.45) is 3.51. The lowest BCUT2D eigenvalue weighted by molar-refractivity contribution is -0.140. The topological polar surface area (TPSA) is 122 Å². The van der Waals surface area contributed by atoms with Gasteiger partial charge in [-0.1, -0.05) is 12.1 Å². The lowest BCUT2D eigenvalue weighted by Gasteiger charge is -2.33. The van der Waals surface area contributed by atoms with Crippen LogP contribution < -0.4 is 9.64 Å². The van der Waals surface area contributed by atoms with Crippen molar-refractivity contribution in [1.29, 1.82) is 0 Å². The lowest BCUT2D eigenvalue weighted by atomic mass is 9.88. The normalized spacial score (nSPS) is 20.0. The molecule has 1 amide bonds. The van der Waals surface area contributed by atoms with E-state index < -0.39 is 22.8 Å². The molecule has 182 valence electrons. The Morgan fingerprint density at radius 2 is 1.69 bits per heavy atom. The smallest absolute Gasteiger partial charge is 0.356 e. The minimum atomic E-state index is -1.14. The minimum absolute atomic E-state index is 0.0697. The van der Waals surface area contributed by atoms with E-state index in [1.165, 1.54) is 4.68 Å². The summed E-state index contributed by atoms with van der Waals surface area (Å²) in [6, 6.07) is 12.7. The third-order valence-corrected chi connectivity index (χ3v) is 8.19. The molecule has 2 N–H and O–H groups in total. The molecule has 0 saturated heterocycles. The number of fused-ring (bicyclic) bond motifs is 3. The molecular formula is C27H23N3O6. The molecule has 3 aromatic rings. The van der Waals surface area contributed by atoms with E-state index in [4.69, 9.17) is 4.74 Å². The van der Waals surface area contributed by atoms with Gasteiger partial charge in [-0.25, -0.2) is 9.48 Å². The molecule has 0 radical (unpaired) electrons. The average molecular weight is 485 g/mol. The van der Waals surface area contributed by atoms with E-state index in [2.05, 4.69) is 5.10 Å². The third kappa shape index (κ3) is 2.82. The number of carboxylic acids is 2. The van der Waals surface area contributed by atoms with Crippen molar-refractivity contribution in [3.8, 4) is 11.4 Å². The van der Waals surface area contributed by atoms with Gasteiger partial charge < -0.3 is 19.8 Å². The number of aromatic carboxylic acids is 1. The fourth-order valence-corrected chi connectivity index (χ4v) is 5.82. The Bertz CT molecular complexity index is 1480. The maximum atomic E-state index is 14.0. The highest BCUT2D eigenvalue weighted by atomic mass is 16.5. The number of carbonyl (C=O) groups excluding carboxylic acids is 1. The van der Waals surface area contributed by atoms with Gasteiger partial charge in [-0.2, -0.15) is 5.10 Å². The van der Waals surface area contributed by atoms with Gasteiger partial charge in [-0.3, -0.25) is 9.59 Å². The van der Waals surface area contributed by atoms with Gasteiger partial charge in [-0.05, 0) is 67.1 Å². The molecule has 0 atom stereocenters. The van der Waals surface area contributed by atoms with Gasteiger partial charge >= 0.3 is 11.9 Å². The van der Waals surface area contributed by atoms with E-state index in [0.29, 0.717) is 42.9 Å². The highest BCUT2D eigenvalue weighted by Gasteiger charge is 2.56. The zero-order valence-corrected chi connectivity index (χ0v) is 19.4. The van der Waals surface area contributed by atoms with Crippen LogP contribution >= 0.6 is 0 Å². The first-order valence-corrected chi connectivity index (χ1v) is 12.1. The summed E-state index contributed by atoms with van der Waals surface area (Å²) in [5.41, 5.74) is 2.49. The lowest BCUT2D eigenvalue weighted by Crippen LogP contribution is -2.44. The number of carboxylic acid groups (broad SMARTS) is 2. The number of carbonyl (C=O) groups is 3. The van der Waals surface area contributed by atoms with Gasteiger partial charge in [0.1, 0.15) is 11.4 Å². The molecular weight excluding hydrogens is 462 g/mol. The van der Waals surface area contributed by atoms with Gasteiger partial charge in [0.25, 0.3) is 5.91 Å². The van der Waals surface area contributed by atoms with Crippen LogP contribution in [0.5, 0.6) is 5.75 Å². The highest BCUT2D eigenvalue weighted by molar-refractivity contribution is 6.10. The van der Waals surface area contributed by atoms with Crippen molar-refractivity contribution < 1.29 is 29.3 Å². The maximum absolute atomic E-state index is 14.0. The molecule has 2 aliphatic carbocycles. The van der Waals surface area contributed by atoms with Crippen LogP contribution in [0.4, 0.5) is 5.69 Å². The zero-order chi connectivity index (χ0) is 24.8. The molecule has 7 rings (SSSR count). The molecule has 9 heteroatoms. The number of aliphatic carboxylic acids is 1. The second-order valence-corrected chi connectivity index (χ2v) is 10.3.